The first-order valence-electron chi connectivity index (χ1n) is 11.3. The van der Waals surface area contributed by atoms with Crippen LogP contribution in [-0.2, 0) is 9.47 Å². The van der Waals surface area contributed by atoms with Crippen molar-refractivity contribution in [3.63, 3.8) is 0 Å². The Kier molecular flexibility index (Phi) is 5.36. The van der Waals surface area contributed by atoms with Crippen molar-refractivity contribution in [2.75, 3.05) is 64.1 Å². The minimum absolute atomic E-state index is 0.717. The van der Waals surface area contributed by atoms with Gasteiger partial charge < -0.3 is 14.4 Å². The van der Waals surface area contributed by atoms with Gasteiger partial charge in [0.1, 0.15) is 17.0 Å². The molecule has 0 spiro atoms. The third-order valence-corrected chi connectivity index (χ3v) is 7.96. The number of anilines is 1. The van der Waals surface area contributed by atoms with Gasteiger partial charge in [-0.2, -0.15) is 0 Å². The molecule has 0 N–H and O–H groups in total. The molecule has 162 valence electrons. The Labute approximate surface area is 186 Å². The van der Waals surface area contributed by atoms with Crippen LogP contribution in [0.5, 0.6) is 0 Å². The van der Waals surface area contributed by atoms with Gasteiger partial charge in [-0.3, -0.25) is 4.90 Å². The van der Waals surface area contributed by atoms with Crippen LogP contribution in [0.15, 0.2) is 42.0 Å². The summed E-state index contributed by atoms with van der Waals surface area (Å²) in [5, 5.41) is 3.43. The number of hydrogen-bond acceptors (Lipinski definition) is 7. The molecule has 2 aliphatic heterocycles. The summed E-state index contributed by atoms with van der Waals surface area (Å²) in [6.45, 7) is 8.71. The van der Waals surface area contributed by atoms with E-state index in [0.717, 1.165) is 81.6 Å². The lowest BCUT2D eigenvalue weighted by molar-refractivity contribution is 0.0183. The first kappa shape index (κ1) is 19.6. The van der Waals surface area contributed by atoms with Gasteiger partial charge in [-0.1, -0.05) is 30.3 Å². The van der Waals surface area contributed by atoms with Crippen LogP contribution in [0, 0.1) is 17.8 Å². The predicted octanol–water partition coefficient (Wildman–Crippen LogP) is 3.39. The van der Waals surface area contributed by atoms with Crippen LogP contribution in [0.1, 0.15) is 0 Å². The Hall–Kier alpha value is -2.06. The number of benzene rings is 1. The summed E-state index contributed by atoms with van der Waals surface area (Å²) < 4.78 is 11.5. The monoisotopic (exact) mass is 436 g/mol. The van der Waals surface area contributed by atoms with Crippen molar-refractivity contribution in [2.45, 2.75) is 0 Å². The van der Waals surface area contributed by atoms with Crippen molar-refractivity contribution >= 4 is 27.4 Å². The van der Waals surface area contributed by atoms with E-state index in [9.17, 15) is 0 Å². The van der Waals surface area contributed by atoms with Gasteiger partial charge >= 0.3 is 0 Å². The van der Waals surface area contributed by atoms with Crippen LogP contribution in [0.2, 0.25) is 0 Å². The normalized spacial score (nSPS) is 25.8. The SMILES string of the molecule is c1ccc(-c2csc3ncnc(N4CC5C(COCCN6CCOCC6)C5C4)c23)cc1. The minimum atomic E-state index is 0.717. The van der Waals surface area contributed by atoms with E-state index in [0.29, 0.717) is 5.92 Å². The summed E-state index contributed by atoms with van der Waals surface area (Å²) in [4.78, 5) is 15.3. The van der Waals surface area contributed by atoms with Crippen LogP contribution in [0.3, 0.4) is 0 Å². The van der Waals surface area contributed by atoms with Gasteiger partial charge in [-0.15, -0.1) is 11.3 Å². The van der Waals surface area contributed by atoms with Crippen molar-refractivity contribution in [1.29, 1.82) is 0 Å². The number of ether oxygens (including phenoxy) is 2. The molecule has 1 aromatic carbocycles. The Morgan fingerprint density at radius 3 is 2.68 bits per heavy atom. The first-order chi connectivity index (χ1) is 15.4. The van der Waals surface area contributed by atoms with E-state index in [4.69, 9.17) is 14.5 Å². The third-order valence-electron chi connectivity index (χ3n) is 7.07. The maximum absolute atomic E-state index is 6.05. The number of piperidine rings is 1. The van der Waals surface area contributed by atoms with Crippen LogP contribution in [0.4, 0.5) is 5.82 Å². The largest absolute Gasteiger partial charge is 0.380 e. The van der Waals surface area contributed by atoms with Crippen LogP contribution in [-0.4, -0.2) is 74.0 Å². The molecular formula is C24H28N4O2S. The van der Waals surface area contributed by atoms with E-state index in [1.54, 1.807) is 17.7 Å². The van der Waals surface area contributed by atoms with E-state index in [1.165, 1.54) is 16.5 Å². The molecule has 2 unspecified atom stereocenters. The lowest BCUT2D eigenvalue weighted by Gasteiger charge is -2.26. The number of thiophene rings is 1. The first-order valence-corrected chi connectivity index (χ1v) is 12.2. The number of rotatable bonds is 7. The van der Waals surface area contributed by atoms with Gasteiger partial charge in [0, 0.05) is 43.7 Å². The summed E-state index contributed by atoms with van der Waals surface area (Å²) in [5.41, 5.74) is 2.49. The minimum Gasteiger partial charge on any atom is -0.380 e. The fourth-order valence-corrected chi connectivity index (χ4v) is 6.15. The van der Waals surface area contributed by atoms with Crippen molar-refractivity contribution in [1.82, 2.24) is 14.9 Å². The van der Waals surface area contributed by atoms with Crippen LogP contribution < -0.4 is 4.90 Å². The Balaban J connectivity index is 1.08. The second-order valence-electron chi connectivity index (χ2n) is 8.82. The maximum Gasteiger partial charge on any atom is 0.141 e. The van der Waals surface area contributed by atoms with E-state index in [1.807, 2.05) is 0 Å². The average molecular weight is 437 g/mol. The fourth-order valence-electron chi connectivity index (χ4n) is 5.24. The molecule has 1 saturated carbocycles. The zero-order valence-electron chi connectivity index (χ0n) is 17.7. The van der Waals surface area contributed by atoms with Gasteiger partial charge in [-0.25, -0.2) is 9.97 Å². The summed E-state index contributed by atoms with van der Waals surface area (Å²) in [7, 11) is 0. The number of fused-ring (bicyclic) bond motifs is 2. The summed E-state index contributed by atoms with van der Waals surface area (Å²) in [5.74, 6) is 3.30. The van der Waals surface area contributed by atoms with E-state index < -0.39 is 0 Å². The topological polar surface area (TPSA) is 50.7 Å². The number of morpholine rings is 1. The highest BCUT2D eigenvalue weighted by atomic mass is 32.1. The highest BCUT2D eigenvalue weighted by Crippen LogP contribution is 2.53. The number of aromatic nitrogens is 2. The highest BCUT2D eigenvalue weighted by molar-refractivity contribution is 7.17. The Morgan fingerprint density at radius 1 is 1.06 bits per heavy atom. The van der Waals surface area contributed by atoms with Crippen molar-refractivity contribution < 1.29 is 9.47 Å². The molecule has 6 rings (SSSR count). The molecule has 3 fully saturated rings. The molecule has 0 bridgehead atoms. The van der Waals surface area contributed by atoms with E-state index >= 15 is 0 Å². The van der Waals surface area contributed by atoms with E-state index in [2.05, 4.69) is 50.5 Å². The van der Waals surface area contributed by atoms with Gasteiger partial charge in [0.05, 0.1) is 31.8 Å². The molecule has 0 amide bonds. The molecule has 2 atom stereocenters. The molecular weight excluding hydrogens is 408 g/mol. The number of hydrogen-bond donors (Lipinski definition) is 0. The Morgan fingerprint density at radius 2 is 1.87 bits per heavy atom. The average Bonchev–Trinajstić information content (AvgIpc) is 3.17. The highest BCUT2D eigenvalue weighted by Gasteiger charge is 2.56. The summed E-state index contributed by atoms with van der Waals surface area (Å²) >= 11 is 1.71. The fraction of sp³-hybridized carbons (Fsp3) is 0.500. The summed E-state index contributed by atoms with van der Waals surface area (Å²) in [6.07, 6.45) is 1.72. The van der Waals surface area contributed by atoms with Crippen LogP contribution in [0.25, 0.3) is 21.3 Å². The molecule has 3 aliphatic rings. The molecule has 31 heavy (non-hydrogen) atoms. The van der Waals surface area contributed by atoms with Gasteiger partial charge in [0.15, 0.2) is 0 Å². The van der Waals surface area contributed by atoms with Gasteiger partial charge in [0.25, 0.3) is 0 Å². The molecule has 3 aromatic rings. The second-order valence-corrected chi connectivity index (χ2v) is 9.68. The van der Waals surface area contributed by atoms with Gasteiger partial charge in [0.2, 0.25) is 0 Å². The lowest BCUT2D eigenvalue weighted by atomic mass is 10.1. The number of nitrogens with zero attached hydrogens (tertiary/aromatic N) is 4. The molecule has 2 saturated heterocycles. The second kappa shape index (κ2) is 8.47. The lowest BCUT2D eigenvalue weighted by Crippen LogP contribution is -2.38. The quantitative estimate of drug-likeness (QED) is 0.529. The molecule has 4 heterocycles. The molecule has 6 nitrogen and oxygen atoms in total. The summed E-state index contributed by atoms with van der Waals surface area (Å²) in [6, 6.07) is 10.6. The molecule has 1 aliphatic carbocycles. The Bertz CT molecular complexity index is 1020. The predicted molar refractivity (Wildman–Crippen MR) is 124 cm³/mol. The van der Waals surface area contributed by atoms with Crippen molar-refractivity contribution in [2.24, 2.45) is 17.8 Å². The zero-order valence-corrected chi connectivity index (χ0v) is 18.5. The smallest absolute Gasteiger partial charge is 0.141 e. The molecule has 0 radical (unpaired) electrons. The third kappa shape index (κ3) is 3.84. The van der Waals surface area contributed by atoms with Crippen LogP contribution >= 0.6 is 11.3 Å². The standard InChI is InChI=1S/C24H28N4O2S/c1-2-4-17(5-3-1)21-15-31-24-22(21)23(25-16-26-24)28-12-18-19(13-28)20(18)14-30-11-8-27-6-9-29-10-7-27/h1-5,15-16,18-20H,6-14H2. The zero-order chi connectivity index (χ0) is 20.6. The van der Waals surface area contributed by atoms with Gasteiger partial charge in [-0.05, 0) is 23.3 Å². The van der Waals surface area contributed by atoms with Crippen molar-refractivity contribution in [3.05, 3.63) is 42.0 Å². The van der Waals surface area contributed by atoms with Crippen molar-refractivity contribution in [3.8, 4) is 11.1 Å². The maximum atomic E-state index is 6.05. The van der Waals surface area contributed by atoms with E-state index in [-0.39, 0.29) is 0 Å². The molecule has 7 heteroatoms. The molecule has 2 aromatic heterocycles.